The largest absolute Gasteiger partial charge is 0.311 e. The summed E-state index contributed by atoms with van der Waals surface area (Å²) in [5.41, 5.74) is 1.49. The van der Waals surface area contributed by atoms with Crippen molar-refractivity contribution in [2.24, 2.45) is 0 Å². The first-order valence-corrected chi connectivity index (χ1v) is 7.51. The van der Waals surface area contributed by atoms with Crippen LogP contribution in [0.2, 0.25) is 0 Å². The molecule has 0 amide bonds. The molecular weight excluding hydrogens is 228 g/mol. The van der Waals surface area contributed by atoms with Crippen LogP contribution in [0.1, 0.15) is 64.1 Å². The second-order valence-corrected chi connectivity index (χ2v) is 7.11. The summed E-state index contributed by atoms with van der Waals surface area (Å²) in [6, 6.07) is 1.24. The van der Waals surface area contributed by atoms with Crippen LogP contribution in [-0.2, 0) is 5.41 Å². The number of hydrogen-bond donors (Lipinski definition) is 1. The highest BCUT2D eigenvalue weighted by Gasteiger charge is 2.33. The summed E-state index contributed by atoms with van der Waals surface area (Å²) in [5.74, 6) is 0.613. The van der Waals surface area contributed by atoms with Gasteiger partial charge in [0.05, 0.1) is 10.7 Å². The van der Waals surface area contributed by atoms with Gasteiger partial charge in [0.2, 0.25) is 0 Å². The van der Waals surface area contributed by atoms with Gasteiger partial charge >= 0.3 is 0 Å². The zero-order valence-corrected chi connectivity index (χ0v) is 12.4. The molecule has 17 heavy (non-hydrogen) atoms. The molecule has 0 radical (unpaired) electrons. The van der Waals surface area contributed by atoms with Crippen LogP contribution in [0.25, 0.3) is 0 Å². The van der Waals surface area contributed by atoms with Crippen LogP contribution in [-0.4, -0.2) is 17.1 Å². The molecule has 1 fully saturated rings. The normalized spacial score (nSPS) is 29.8. The van der Waals surface area contributed by atoms with Crippen LogP contribution in [0, 0.1) is 0 Å². The smallest absolute Gasteiger partial charge is 0.0982 e. The molecule has 0 aromatic carbocycles. The zero-order chi connectivity index (χ0) is 12.6. The van der Waals surface area contributed by atoms with Crippen LogP contribution < -0.4 is 5.32 Å². The summed E-state index contributed by atoms with van der Waals surface area (Å²) in [6.45, 7) is 11.3. The molecule has 3 heteroatoms. The fourth-order valence-electron chi connectivity index (χ4n) is 2.62. The Bertz CT molecular complexity index is 378. The molecule has 96 valence electrons. The van der Waals surface area contributed by atoms with Crippen LogP contribution >= 0.6 is 11.3 Å². The quantitative estimate of drug-likeness (QED) is 0.868. The Morgan fingerprint density at radius 2 is 2.18 bits per heavy atom. The van der Waals surface area contributed by atoms with E-state index in [-0.39, 0.29) is 5.41 Å². The standard InChI is InChI=1S/C14H24N2S/c1-6-11-10(7-9(2)15-11)12-8-17-13(16-12)14(3,4)5/h8-11,15H,6-7H2,1-5H3. The van der Waals surface area contributed by atoms with E-state index in [0.29, 0.717) is 18.0 Å². The summed E-state index contributed by atoms with van der Waals surface area (Å²) in [5, 5.41) is 7.20. The third-order valence-electron chi connectivity index (χ3n) is 3.58. The van der Waals surface area contributed by atoms with Gasteiger partial charge in [0.1, 0.15) is 0 Å². The Hall–Kier alpha value is -0.410. The SMILES string of the molecule is CCC1NC(C)CC1c1csc(C(C)(C)C)n1. The summed E-state index contributed by atoms with van der Waals surface area (Å²) >= 11 is 1.82. The van der Waals surface area contributed by atoms with Crippen LogP contribution in [0.4, 0.5) is 0 Å². The van der Waals surface area contributed by atoms with Gasteiger partial charge < -0.3 is 5.32 Å². The van der Waals surface area contributed by atoms with Crippen molar-refractivity contribution < 1.29 is 0 Å². The average molecular weight is 252 g/mol. The van der Waals surface area contributed by atoms with Gasteiger partial charge in [-0.15, -0.1) is 11.3 Å². The number of rotatable bonds is 2. The summed E-state index contributed by atoms with van der Waals surface area (Å²) in [6.07, 6.45) is 2.42. The fourth-order valence-corrected chi connectivity index (χ4v) is 3.60. The highest BCUT2D eigenvalue weighted by molar-refractivity contribution is 7.09. The minimum atomic E-state index is 0.183. The van der Waals surface area contributed by atoms with Crippen molar-refractivity contribution >= 4 is 11.3 Å². The van der Waals surface area contributed by atoms with Gasteiger partial charge in [-0.25, -0.2) is 4.98 Å². The molecule has 3 unspecified atom stereocenters. The number of aromatic nitrogens is 1. The predicted octanol–water partition coefficient (Wildman–Crippen LogP) is 3.68. The molecule has 1 saturated heterocycles. The second kappa shape index (κ2) is 4.69. The monoisotopic (exact) mass is 252 g/mol. The predicted molar refractivity (Wildman–Crippen MR) is 74.8 cm³/mol. The van der Waals surface area contributed by atoms with Crippen molar-refractivity contribution in [3.05, 3.63) is 16.1 Å². The molecule has 1 aromatic heterocycles. The van der Waals surface area contributed by atoms with Crippen molar-refractivity contribution in [2.45, 2.75) is 70.9 Å². The molecule has 0 saturated carbocycles. The lowest BCUT2D eigenvalue weighted by Gasteiger charge is -2.17. The summed E-state index contributed by atoms with van der Waals surface area (Å²) < 4.78 is 0. The lowest BCUT2D eigenvalue weighted by atomic mass is 9.94. The topological polar surface area (TPSA) is 24.9 Å². The van der Waals surface area contributed by atoms with Crippen LogP contribution in [0.3, 0.4) is 0 Å². The molecule has 2 rings (SSSR count). The molecule has 0 spiro atoms. The Labute approximate surface area is 109 Å². The molecule has 1 aliphatic rings. The number of thiazole rings is 1. The molecule has 3 atom stereocenters. The van der Waals surface area contributed by atoms with Crippen LogP contribution in [0.15, 0.2) is 5.38 Å². The minimum absolute atomic E-state index is 0.183. The Balaban J connectivity index is 2.20. The van der Waals surface area contributed by atoms with Gasteiger partial charge in [-0.3, -0.25) is 0 Å². The van der Waals surface area contributed by atoms with E-state index in [4.69, 9.17) is 4.98 Å². The van der Waals surface area contributed by atoms with Crippen molar-refractivity contribution in [1.29, 1.82) is 0 Å². The maximum Gasteiger partial charge on any atom is 0.0982 e. The zero-order valence-electron chi connectivity index (χ0n) is 11.6. The number of nitrogens with zero attached hydrogens (tertiary/aromatic N) is 1. The number of hydrogen-bond acceptors (Lipinski definition) is 3. The molecule has 2 nitrogen and oxygen atoms in total. The first-order valence-electron chi connectivity index (χ1n) is 6.63. The van der Waals surface area contributed by atoms with E-state index in [9.17, 15) is 0 Å². The number of nitrogens with one attached hydrogen (secondary N) is 1. The van der Waals surface area contributed by atoms with Crippen molar-refractivity contribution in [2.75, 3.05) is 0 Å². The molecule has 0 aliphatic carbocycles. The van der Waals surface area contributed by atoms with Crippen molar-refractivity contribution in [3.8, 4) is 0 Å². The van der Waals surface area contributed by atoms with Gasteiger partial charge in [0, 0.05) is 28.8 Å². The Kier molecular flexibility index (Phi) is 3.60. The van der Waals surface area contributed by atoms with Gasteiger partial charge in [0.25, 0.3) is 0 Å². The van der Waals surface area contributed by atoms with Gasteiger partial charge in [-0.05, 0) is 19.8 Å². The molecule has 1 aromatic rings. The van der Waals surface area contributed by atoms with Crippen molar-refractivity contribution in [3.63, 3.8) is 0 Å². The van der Waals surface area contributed by atoms with E-state index in [1.807, 2.05) is 11.3 Å². The van der Waals surface area contributed by atoms with E-state index in [0.717, 1.165) is 0 Å². The van der Waals surface area contributed by atoms with E-state index in [1.54, 1.807) is 0 Å². The summed E-state index contributed by atoms with van der Waals surface area (Å²) in [4.78, 5) is 4.87. The highest BCUT2D eigenvalue weighted by Crippen LogP contribution is 2.35. The van der Waals surface area contributed by atoms with E-state index in [2.05, 4.69) is 45.3 Å². The van der Waals surface area contributed by atoms with Gasteiger partial charge in [0.15, 0.2) is 0 Å². The van der Waals surface area contributed by atoms with Gasteiger partial charge in [-0.2, -0.15) is 0 Å². The molecule has 1 aliphatic heterocycles. The van der Waals surface area contributed by atoms with E-state index >= 15 is 0 Å². The summed E-state index contributed by atoms with van der Waals surface area (Å²) in [7, 11) is 0. The third-order valence-corrected chi connectivity index (χ3v) is 4.86. The first kappa shape index (κ1) is 13.0. The Morgan fingerprint density at radius 3 is 2.71 bits per heavy atom. The Morgan fingerprint density at radius 1 is 1.47 bits per heavy atom. The maximum atomic E-state index is 4.87. The first-order chi connectivity index (χ1) is 7.91. The maximum absolute atomic E-state index is 4.87. The second-order valence-electron chi connectivity index (χ2n) is 6.25. The minimum Gasteiger partial charge on any atom is -0.311 e. The van der Waals surface area contributed by atoms with Gasteiger partial charge in [-0.1, -0.05) is 27.7 Å². The molecule has 2 heterocycles. The lowest BCUT2D eigenvalue weighted by Crippen LogP contribution is -2.28. The fraction of sp³-hybridized carbons (Fsp3) is 0.786. The van der Waals surface area contributed by atoms with E-state index in [1.165, 1.54) is 23.5 Å². The average Bonchev–Trinajstić information content (AvgIpc) is 2.81. The van der Waals surface area contributed by atoms with E-state index < -0.39 is 0 Å². The van der Waals surface area contributed by atoms with Crippen molar-refractivity contribution in [1.82, 2.24) is 10.3 Å². The van der Waals surface area contributed by atoms with Crippen LogP contribution in [0.5, 0.6) is 0 Å². The molecule has 1 N–H and O–H groups in total. The highest BCUT2D eigenvalue weighted by atomic mass is 32.1. The molecule has 0 bridgehead atoms. The third kappa shape index (κ3) is 2.71. The molecular formula is C14H24N2S. The lowest BCUT2D eigenvalue weighted by molar-refractivity contribution is 0.509.